The summed E-state index contributed by atoms with van der Waals surface area (Å²) in [6, 6.07) is -8.77. The number of ketones is 3. The monoisotopic (exact) mass is 2040 g/mol. The van der Waals surface area contributed by atoms with Gasteiger partial charge in [0.15, 0.2) is 23.4 Å². The number of carboxylic acid groups (broad SMARTS) is 6. The Morgan fingerprint density at radius 3 is 1.63 bits per heavy atom. The molecule has 3 aliphatic heterocycles. The quantitative estimate of drug-likeness (QED) is 0.0132. The molecule has 46 nitrogen and oxygen atoms in total. The molecular formula is C91H136N10O36S3. The van der Waals surface area contributed by atoms with Crippen LogP contribution < -0.4 is 49.1 Å². The van der Waals surface area contributed by atoms with Crippen molar-refractivity contribution < 1.29 is 174 Å². The lowest BCUT2D eigenvalue weighted by Gasteiger charge is -2.39. The summed E-state index contributed by atoms with van der Waals surface area (Å²) in [4.78, 5) is 280. The Hall–Kier alpha value is -10.8. The van der Waals surface area contributed by atoms with Crippen molar-refractivity contribution in [3.8, 4) is 0 Å². The summed E-state index contributed by atoms with van der Waals surface area (Å²) in [5, 5.41) is 67.2. The van der Waals surface area contributed by atoms with Crippen molar-refractivity contribution in [2.24, 2.45) is 58.1 Å². The lowest BCUT2D eigenvalue weighted by atomic mass is 9.78. The van der Waals surface area contributed by atoms with Crippen molar-refractivity contribution in [1.29, 1.82) is 0 Å². The molecular weight excluding hydrogens is 1910 g/mol. The molecule has 0 aromatic carbocycles. The highest BCUT2D eigenvalue weighted by Gasteiger charge is 2.48. The molecule has 1 saturated carbocycles. The minimum atomic E-state index is -2.17. The number of nitrogens with two attached hydrogens (primary N) is 3. The Balaban J connectivity index is 1.80. The first-order chi connectivity index (χ1) is 65.9. The molecule has 22 atom stereocenters. The first kappa shape index (κ1) is 121. The number of carbonyl (C=O) groups is 21. The van der Waals surface area contributed by atoms with E-state index in [9.17, 15) is 122 Å². The number of carboxylic acids is 6. The Morgan fingerprint density at radius 1 is 0.579 bits per heavy atom. The molecule has 49 heteroatoms. The van der Waals surface area contributed by atoms with Gasteiger partial charge >= 0.3 is 65.7 Å². The number of hydrogen-bond acceptors (Lipinski definition) is 36. The smallest absolute Gasteiger partial charge is 0.329 e. The molecule has 3 heterocycles. The SMILES string of the molecule is CO[C@H]1C[C@@H]2CC[C@@H](C)[C@@H](O2)C(=O)C(=O)N2CCCC[C@H]2C(=O)OC([C@H](C)C[C@@H]2CC[C@@H](OC(=O)C(C)(COC(=O)CSC[C@H](NC(=O)CC[C@H](N)C(=O)O)C(=O)NCC(=O)O)COC(=O)CS[C@H](NC(=O)CC[C@H](N)C(=O)O)C(=O)NCC(=O)O)[C@H](OC)C2)CC(=O)[C@H](C)/C=C(\C)[C@@H](OC(=O)CSC[C@H](NC(=O)CC[C@H](N)C(=O)O)C(=O)NCC(=O)O)[C@@H](OC)C(=O)[C@H](C)C[C@@H](C)/C=C\C=CC=C1C. The highest BCUT2D eigenvalue weighted by Crippen LogP contribution is 2.38. The fraction of sp³-hybridized carbons (Fsp3) is 0.681. The standard InChI is InChI=1S/C91H136N10O36S3/c1-47-17-13-12-14-18-48(2)64(129-9)35-55-22-20-49(3)78(134-55)77(116)85(120)101-30-16-15-19-61(101)89(127)135-65(36-62(102)50(4)32-53(7)79(80(131-11)76(115)52(6)31-47)137-75(114)43-139-41-60(82(118)96-38-71(108)109)99-68(104)28-24-57(93)87(123)124)51(5)33-54-21-26-63(66(34-54)130-10)136-90(128)91(8,46-133-74(113)44-140-84(83(119)97-39-72(110)111)100-69(105)29-25-58(94)88(125)126)45-132-73(112)42-138-40-59(81(117)95-37-70(106)107)98-67(103)27-23-56(92)86(121)122/h12-14,17-18,32,47,49-52,54-61,63-66,78-80,84H,15-16,19-31,33-46,92-94H2,1-11H3,(H,95,117)(H,96,118)(H,97,119)(H,98,103)(H,99,104)(H,100,105)(H,106,107)(H,108,109)(H,110,111)(H,121,122)(H,123,124)(H,125,126)/b14-12?,17-13-,48-18?,53-32+/t47-,49+,50+,51+,52+,54-,55-,56-,57-,58-,59-,60-,61-,63+,64-,65?,66+,78+,79+,80-,84-,91?/m0/s1. The second-order valence-electron chi connectivity index (χ2n) is 35.5. The third-order valence-corrected chi connectivity index (χ3v) is 26.9. The van der Waals surface area contributed by atoms with Gasteiger partial charge in [-0.3, -0.25) is 95.9 Å². The summed E-state index contributed by atoms with van der Waals surface area (Å²) in [5.74, 6) is -29.4. The van der Waals surface area contributed by atoms with Gasteiger partial charge < -0.3 is 127 Å². The van der Waals surface area contributed by atoms with Crippen LogP contribution in [0.1, 0.15) is 171 Å². The number of thioether (sulfide) groups is 3. The summed E-state index contributed by atoms with van der Waals surface area (Å²) < 4.78 is 54.3. The number of rotatable bonds is 48. The van der Waals surface area contributed by atoms with E-state index in [0.29, 0.717) is 55.6 Å². The van der Waals surface area contributed by atoms with Crippen LogP contribution in [0.5, 0.6) is 0 Å². The number of ether oxygens (including phenoxy) is 9. The van der Waals surface area contributed by atoms with Gasteiger partial charge in [0.1, 0.15) is 98.6 Å². The zero-order valence-electron chi connectivity index (χ0n) is 80.4. The van der Waals surface area contributed by atoms with Gasteiger partial charge in [0, 0.05) is 83.3 Å². The zero-order valence-corrected chi connectivity index (χ0v) is 82.9. The number of aliphatic carboxylic acids is 6. The molecule has 7 amide bonds. The molecule has 3 fully saturated rings. The van der Waals surface area contributed by atoms with E-state index in [1.54, 1.807) is 39.0 Å². The van der Waals surface area contributed by atoms with Crippen molar-refractivity contribution in [1.82, 2.24) is 36.8 Å². The van der Waals surface area contributed by atoms with Crippen molar-refractivity contribution >= 4 is 160 Å². The van der Waals surface area contributed by atoms with E-state index in [0.717, 1.165) is 17.3 Å². The Kier molecular flexibility index (Phi) is 53.6. The molecule has 1 aliphatic carbocycles. The number of cyclic esters (lactones) is 1. The average molecular weight is 2040 g/mol. The van der Waals surface area contributed by atoms with E-state index < -0.39 is 338 Å². The van der Waals surface area contributed by atoms with E-state index in [2.05, 4.69) is 31.9 Å². The molecule has 2 unspecified atom stereocenters. The number of methoxy groups -OCH3 is 3. The van der Waals surface area contributed by atoms with E-state index in [1.165, 1.54) is 53.1 Å². The van der Waals surface area contributed by atoms with E-state index in [1.807, 2.05) is 26.0 Å². The van der Waals surface area contributed by atoms with Crippen LogP contribution in [0.25, 0.3) is 0 Å². The number of Topliss-reactive ketones (excluding diaryl/α,β-unsaturated/α-hetero) is 3. The molecule has 4 aliphatic rings. The van der Waals surface area contributed by atoms with E-state index in [-0.39, 0.29) is 75.2 Å². The Morgan fingerprint density at radius 2 is 1.11 bits per heavy atom. The van der Waals surface area contributed by atoms with Gasteiger partial charge in [-0.1, -0.05) is 71.1 Å². The lowest BCUT2D eigenvalue weighted by Crippen LogP contribution is -2.55. The normalized spacial score (nSPS) is 25.2. The molecule has 0 aromatic heterocycles. The summed E-state index contributed by atoms with van der Waals surface area (Å²) in [5.41, 5.74) is 15.4. The molecule has 0 spiro atoms. The number of fused-ring (bicyclic) bond motifs is 3. The van der Waals surface area contributed by atoms with Crippen LogP contribution in [0.15, 0.2) is 47.6 Å². The van der Waals surface area contributed by atoms with Crippen LogP contribution in [-0.4, -0.2) is 340 Å². The molecule has 18 N–H and O–H groups in total. The first-order valence-corrected chi connectivity index (χ1v) is 49.1. The number of piperidine rings is 1. The Labute approximate surface area is 822 Å². The minimum Gasteiger partial charge on any atom is -0.480 e. The molecule has 0 aromatic rings. The third kappa shape index (κ3) is 42.9. The lowest BCUT2D eigenvalue weighted by molar-refractivity contribution is -0.182. The maximum Gasteiger partial charge on any atom is 0.329 e. The second kappa shape index (κ2) is 61.8. The summed E-state index contributed by atoms with van der Waals surface area (Å²) in [6.07, 6.45) is 1.48. The molecule has 140 heavy (non-hydrogen) atoms. The fourth-order valence-electron chi connectivity index (χ4n) is 15.6. The fourth-order valence-corrected chi connectivity index (χ4v) is 18.1. The first-order valence-electron chi connectivity index (χ1n) is 45.8. The van der Waals surface area contributed by atoms with Gasteiger partial charge in [-0.25, -0.2) is 4.79 Å². The largest absolute Gasteiger partial charge is 0.480 e. The highest BCUT2D eigenvalue weighted by atomic mass is 32.2. The summed E-state index contributed by atoms with van der Waals surface area (Å²) in [7, 11) is 4.06. The second-order valence-corrected chi connectivity index (χ2v) is 38.6. The highest BCUT2D eigenvalue weighted by molar-refractivity contribution is 8.01. The topological polar surface area (TPSA) is 716 Å². The van der Waals surface area contributed by atoms with Crippen LogP contribution in [0, 0.1) is 40.9 Å². The minimum absolute atomic E-state index is 0.0130. The van der Waals surface area contributed by atoms with Crippen molar-refractivity contribution in [2.75, 3.05) is 89.5 Å². The molecule has 784 valence electrons. The molecule has 2 saturated heterocycles. The molecule has 2 bridgehead atoms. The number of hydrogen-bond donors (Lipinski definition) is 15. The van der Waals surface area contributed by atoms with Crippen molar-refractivity contribution in [3.63, 3.8) is 0 Å². The maximum atomic E-state index is 15.3. The number of allylic oxidation sites excluding steroid dienone is 6. The summed E-state index contributed by atoms with van der Waals surface area (Å²) in [6.45, 7) is 8.42. The van der Waals surface area contributed by atoms with Crippen molar-refractivity contribution in [3.05, 3.63) is 47.6 Å². The predicted molar refractivity (Wildman–Crippen MR) is 501 cm³/mol. The molecule has 4 rings (SSSR count). The van der Waals surface area contributed by atoms with Gasteiger partial charge in [0.25, 0.3) is 11.8 Å². The van der Waals surface area contributed by atoms with Gasteiger partial charge in [-0.2, -0.15) is 0 Å². The predicted octanol–water partition coefficient (Wildman–Crippen LogP) is 0.845. The maximum absolute atomic E-state index is 15.3. The van der Waals surface area contributed by atoms with Crippen LogP contribution in [0.4, 0.5) is 0 Å². The van der Waals surface area contributed by atoms with Crippen LogP contribution in [0.2, 0.25) is 0 Å². The van der Waals surface area contributed by atoms with E-state index in [4.69, 9.17) is 59.8 Å². The van der Waals surface area contributed by atoms with Crippen LogP contribution >= 0.6 is 35.3 Å². The number of esters is 5. The van der Waals surface area contributed by atoms with Gasteiger partial charge in [0.2, 0.25) is 35.3 Å². The molecule has 0 radical (unpaired) electrons. The average Bonchev–Trinajstić information content (AvgIpc) is 0.807. The van der Waals surface area contributed by atoms with Crippen LogP contribution in [0.3, 0.4) is 0 Å². The number of nitrogens with zero attached hydrogens (tertiary/aromatic N) is 1. The van der Waals surface area contributed by atoms with Crippen molar-refractivity contribution in [2.45, 2.75) is 261 Å². The van der Waals surface area contributed by atoms with E-state index >= 15 is 9.59 Å². The van der Waals surface area contributed by atoms with Gasteiger partial charge in [-0.15, -0.1) is 35.3 Å². The van der Waals surface area contributed by atoms with Gasteiger partial charge in [0.05, 0.1) is 35.6 Å². The zero-order chi connectivity index (χ0) is 105. The number of nitrogens with one attached hydrogen (secondary N) is 6. The Bertz CT molecular complexity index is 4460. The third-order valence-electron chi connectivity index (χ3n) is 23.8. The number of carbonyl (C=O) groups excluding carboxylic acids is 15. The van der Waals surface area contributed by atoms with Gasteiger partial charge in [-0.05, 0) is 139 Å². The summed E-state index contributed by atoms with van der Waals surface area (Å²) >= 11 is 1.84. The van der Waals surface area contributed by atoms with Crippen LogP contribution in [-0.2, 0) is 143 Å². The number of amides is 7.